The van der Waals surface area contributed by atoms with E-state index < -0.39 is 9.84 Å². The Morgan fingerprint density at radius 1 is 1.18 bits per heavy atom. The Hall–Kier alpha value is -1.28. The third kappa shape index (κ3) is 4.17. The number of hydrogen-bond acceptors (Lipinski definition) is 4. The molecule has 0 aromatic heterocycles. The highest BCUT2D eigenvalue weighted by atomic mass is 127. The molecular formula is C22H28INO3S. The zero-order valence-corrected chi connectivity index (χ0v) is 19.7. The van der Waals surface area contributed by atoms with Gasteiger partial charge in [-0.25, -0.2) is 8.42 Å². The van der Waals surface area contributed by atoms with Crippen LogP contribution in [0.2, 0.25) is 0 Å². The third-order valence-corrected chi connectivity index (χ3v) is 8.56. The lowest BCUT2D eigenvalue weighted by atomic mass is 9.81. The fraction of sp³-hybridized carbons (Fsp3) is 0.455. The molecule has 1 heterocycles. The number of hydrogen-bond donors (Lipinski definition) is 0. The van der Waals surface area contributed by atoms with Gasteiger partial charge in [0.2, 0.25) is 0 Å². The largest absolute Gasteiger partial charge is 0.496 e. The van der Waals surface area contributed by atoms with Gasteiger partial charge in [-0.05, 0) is 53.6 Å². The highest BCUT2D eigenvalue weighted by molar-refractivity contribution is 14.1. The van der Waals surface area contributed by atoms with Gasteiger partial charge >= 0.3 is 0 Å². The summed E-state index contributed by atoms with van der Waals surface area (Å²) in [4.78, 5) is 2.57. The predicted molar refractivity (Wildman–Crippen MR) is 123 cm³/mol. The molecule has 1 aliphatic heterocycles. The van der Waals surface area contributed by atoms with Crippen LogP contribution in [0.5, 0.6) is 5.75 Å². The van der Waals surface area contributed by atoms with Crippen molar-refractivity contribution < 1.29 is 13.2 Å². The molecule has 0 aliphatic carbocycles. The summed E-state index contributed by atoms with van der Waals surface area (Å²) in [6.07, 6.45) is 3.83. The zero-order valence-electron chi connectivity index (χ0n) is 16.7. The number of fused-ring (bicyclic) bond motifs is 1. The second kappa shape index (κ2) is 8.61. The Balaban J connectivity index is 2.25. The first-order chi connectivity index (χ1) is 13.4. The molecule has 1 unspecified atom stereocenters. The lowest BCUT2D eigenvalue weighted by molar-refractivity contribution is 0.290. The smallest absolute Gasteiger partial charge is 0.181 e. The van der Waals surface area contributed by atoms with E-state index in [4.69, 9.17) is 4.74 Å². The second-order valence-electron chi connectivity index (χ2n) is 7.59. The van der Waals surface area contributed by atoms with Crippen LogP contribution in [0.25, 0.3) is 0 Å². The van der Waals surface area contributed by atoms with Crippen LogP contribution in [-0.2, 0) is 9.84 Å². The van der Waals surface area contributed by atoms with Crippen molar-refractivity contribution in [3.63, 3.8) is 0 Å². The molecule has 3 rings (SSSR count). The number of halogens is 1. The van der Waals surface area contributed by atoms with Gasteiger partial charge in [-0.3, -0.25) is 0 Å². The molecule has 2 aromatic rings. The van der Waals surface area contributed by atoms with Gasteiger partial charge in [0.05, 0.1) is 27.0 Å². The van der Waals surface area contributed by atoms with Crippen molar-refractivity contribution >= 4 is 43.8 Å². The van der Waals surface area contributed by atoms with Crippen molar-refractivity contribution in [1.82, 2.24) is 0 Å². The van der Waals surface area contributed by atoms with E-state index in [0.29, 0.717) is 17.2 Å². The summed E-state index contributed by atoms with van der Waals surface area (Å²) in [5.74, 6) is 0.782. The van der Waals surface area contributed by atoms with Gasteiger partial charge in [0.15, 0.2) is 9.84 Å². The Morgan fingerprint density at radius 2 is 1.89 bits per heavy atom. The number of methoxy groups -OCH3 is 1. The van der Waals surface area contributed by atoms with Crippen LogP contribution in [-0.4, -0.2) is 27.8 Å². The maximum absolute atomic E-state index is 13.5. The maximum atomic E-state index is 13.5. The van der Waals surface area contributed by atoms with Crippen molar-refractivity contribution in [3.05, 3.63) is 46.0 Å². The molecule has 152 valence electrons. The van der Waals surface area contributed by atoms with Crippen molar-refractivity contribution in [2.45, 2.75) is 44.4 Å². The lowest BCUT2D eigenvalue weighted by Crippen LogP contribution is -2.37. The number of sulfone groups is 1. The molecular weight excluding hydrogens is 485 g/mol. The van der Waals surface area contributed by atoms with E-state index in [1.807, 2.05) is 24.3 Å². The normalized spacial score (nSPS) is 21.1. The number of anilines is 2. The minimum atomic E-state index is -3.44. The van der Waals surface area contributed by atoms with Crippen LogP contribution in [0.3, 0.4) is 0 Å². The first-order valence-corrected chi connectivity index (χ1v) is 12.5. The number of para-hydroxylation sites is 1. The van der Waals surface area contributed by atoms with E-state index in [9.17, 15) is 8.42 Å². The summed E-state index contributed by atoms with van der Waals surface area (Å²) in [6, 6.07) is 13.8. The molecule has 28 heavy (non-hydrogen) atoms. The van der Waals surface area contributed by atoms with Crippen LogP contribution >= 0.6 is 22.6 Å². The van der Waals surface area contributed by atoms with Crippen LogP contribution in [0.1, 0.15) is 39.5 Å². The Kier molecular flexibility index (Phi) is 6.59. The topological polar surface area (TPSA) is 46.6 Å². The van der Waals surface area contributed by atoms with Crippen molar-refractivity contribution in [2.75, 3.05) is 24.3 Å². The number of nitrogens with zero attached hydrogens (tertiary/aromatic N) is 1. The zero-order chi connectivity index (χ0) is 20.4. The van der Waals surface area contributed by atoms with Crippen molar-refractivity contribution in [1.29, 1.82) is 0 Å². The van der Waals surface area contributed by atoms with Gasteiger partial charge in [-0.2, -0.15) is 0 Å². The monoisotopic (exact) mass is 513 g/mol. The summed E-state index contributed by atoms with van der Waals surface area (Å²) in [7, 11) is -1.86. The summed E-state index contributed by atoms with van der Waals surface area (Å²) in [5, 5.41) is 0. The van der Waals surface area contributed by atoms with Gasteiger partial charge in [0, 0.05) is 23.7 Å². The highest BCUT2D eigenvalue weighted by Gasteiger charge is 2.41. The molecule has 1 atom stereocenters. The fourth-order valence-electron chi connectivity index (χ4n) is 4.02. The second-order valence-corrected chi connectivity index (χ2v) is 10.7. The number of ether oxygens (including phenoxy) is 1. The van der Waals surface area contributed by atoms with Crippen molar-refractivity contribution in [3.8, 4) is 5.75 Å². The Bertz CT molecular complexity index is 930. The van der Waals surface area contributed by atoms with E-state index in [1.54, 1.807) is 13.2 Å². The molecule has 2 aromatic carbocycles. The van der Waals surface area contributed by atoms with E-state index in [-0.39, 0.29) is 11.2 Å². The van der Waals surface area contributed by atoms with E-state index in [0.717, 1.165) is 40.6 Å². The molecule has 0 amide bonds. The maximum Gasteiger partial charge on any atom is 0.181 e. The number of benzene rings is 2. The first kappa shape index (κ1) is 21.4. The third-order valence-electron chi connectivity index (χ3n) is 5.73. The molecule has 0 saturated carbocycles. The van der Waals surface area contributed by atoms with E-state index >= 15 is 0 Å². The number of unbranched alkanes of at least 4 members (excludes halogenated alkanes) is 1. The first-order valence-electron chi connectivity index (χ1n) is 9.78. The summed E-state index contributed by atoms with van der Waals surface area (Å²) in [5.41, 5.74) is 1.50. The molecule has 4 nitrogen and oxygen atoms in total. The average Bonchev–Trinajstić information content (AvgIpc) is 2.79. The molecule has 0 radical (unpaired) electrons. The molecule has 0 saturated heterocycles. The molecule has 0 spiro atoms. The van der Waals surface area contributed by atoms with Crippen LogP contribution in [0.15, 0.2) is 47.4 Å². The average molecular weight is 513 g/mol. The van der Waals surface area contributed by atoms with Gasteiger partial charge < -0.3 is 9.64 Å². The minimum Gasteiger partial charge on any atom is -0.496 e. The summed E-state index contributed by atoms with van der Waals surface area (Å²) >= 11 is 2.21. The number of rotatable bonds is 6. The molecule has 0 N–H and O–H groups in total. The van der Waals surface area contributed by atoms with E-state index in [2.05, 4.69) is 53.5 Å². The van der Waals surface area contributed by atoms with Crippen molar-refractivity contribution in [2.24, 2.45) is 5.41 Å². The van der Waals surface area contributed by atoms with Gasteiger partial charge in [0.1, 0.15) is 5.75 Å². The van der Waals surface area contributed by atoms with Gasteiger partial charge in [-0.1, -0.05) is 44.9 Å². The highest BCUT2D eigenvalue weighted by Crippen LogP contribution is 2.45. The van der Waals surface area contributed by atoms with Gasteiger partial charge in [0.25, 0.3) is 0 Å². The summed E-state index contributed by atoms with van der Waals surface area (Å²) < 4.78 is 33.4. The molecule has 0 bridgehead atoms. The standard InChI is InChI=1S/C22H28INO3S/c1-4-6-12-22(5-2)15-24(17-10-8-7-9-11-17)19-13-18(23)20(27-3)14-21(19)28(25,26)16-22/h7-11,13-14H,4-6,12,15-16H2,1-3H3. The fourth-order valence-corrected chi connectivity index (χ4v) is 6.87. The molecule has 0 fully saturated rings. The lowest BCUT2D eigenvalue weighted by Gasteiger charge is -2.36. The van der Waals surface area contributed by atoms with Crippen LogP contribution in [0.4, 0.5) is 11.4 Å². The predicted octanol–water partition coefficient (Wildman–Crippen LogP) is 5.81. The minimum absolute atomic E-state index is 0.177. The van der Waals surface area contributed by atoms with E-state index in [1.165, 1.54) is 0 Å². The van der Waals surface area contributed by atoms with Gasteiger partial charge in [-0.15, -0.1) is 0 Å². The molecule has 6 heteroatoms. The van der Waals surface area contributed by atoms with Crippen LogP contribution < -0.4 is 9.64 Å². The van der Waals surface area contributed by atoms with Crippen LogP contribution in [0, 0.1) is 8.99 Å². The Labute approximate surface area is 182 Å². The Morgan fingerprint density at radius 3 is 2.50 bits per heavy atom. The quantitative estimate of drug-likeness (QED) is 0.458. The summed E-state index contributed by atoms with van der Waals surface area (Å²) in [6.45, 7) is 4.97. The molecule has 1 aliphatic rings. The SMILES string of the molecule is CCCCC1(CC)CN(c2ccccc2)c2cc(I)c(OC)cc2S(=O)(=O)C1.